The van der Waals surface area contributed by atoms with E-state index in [1.165, 1.54) is 25.7 Å². The first-order chi connectivity index (χ1) is 5.95. The van der Waals surface area contributed by atoms with Gasteiger partial charge in [0.2, 0.25) is 0 Å². The highest BCUT2D eigenvalue weighted by Gasteiger charge is 2.42. The first kappa shape index (κ1) is 7.34. The van der Waals surface area contributed by atoms with E-state index in [9.17, 15) is 0 Å². The third-order valence-corrected chi connectivity index (χ3v) is 3.60. The second kappa shape index (κ2) is 2.71. The molecule has 0 aromatic rings. The van der Waals surface area contributed by atoms with E-state index >= 15 is 0 Å². The van der Waals surface area contributed by atoms with Crippen LogP contribution in [0.1, 0.15) is 25.7 Å². The van der Waals surface area contributed by atoms with Crippen LogP contribution in [-0.4, -0.2) is 36.2 Å². The molecule has 0 aliphatic carbocycles. The SMILES string of the molecule is [CH]1CC2CCC(C1)N2C1COC1. The second-order valence-corrected chi connectivity index (χ2v) is 4.28. The molecule has 3 fully saturated rings. The van der Waals surface area contributed by atoms with Crippen molar-refractivity contribution >= 4 is 0 Å². The Labute approximate surface area is 73.9 Å². The normalized spacial score (nSPS) is 43.0. The van der Waals surface area contributed by atoms with Gasteiger partial charge in [-0.1, -0.05) is 0 Å². The third kappa shape index (κ3) is 0.944. The van der Waals surface area contributed by atoms with Gasteiger partial charge >= 0.3 is 0 Å². The minimum Gasteiger partial charge on any atom is -0.378 e. The summed E-state index contributed by atoms with van der Waals surface area (Å²) in [7, 11) is 0. The van der Waals surface area contributed by atoms with Gasteiger partial charge in [0, 0.05) is 12.1 Å². The summed E-state index contributed by atoms with van der Waals surface area (Å²) in [4.78, 5) is 2.74. The summed E-state index contributed by atoms with van der Waals surface area (Å²) in [6.07, 6.45) is 7.99. The highest BCUT2D eigenvalue weighted by Crippen LogP contribution is 2.37. The molecule has 3 rings (SSSR count). The fraction of sp³-hybridized carbons (Fsp3) is 0.900. The molecule has 2 atom stereocenters. The molecule has 67 valence electrons. The van der Waals surface area contributed by atoms with E-state index in [2.05, 4.69) is 11.3 Å². The number of hydrogen-bond donors (Lipinski definition) is 0. The van der Waals surface area contributed by atoms with Crippen molar-refractivity contribution in [2.45, 2.75) is 43.8 Å². The van der Waals surface area contributed by atoms with Gasteiger partial charge in [-0.3, -0.25) is 4.90 Å². The first-order valence-electron chi connectivity index (χ1n) is 5.12. The van der Waals surface area contributed by atoms with E-state index in [4.69, 9.17) is 4.74 Å². The van der Waals surface area contributed by atoms with Crippen LogP contribution in [0.25, 0.3) is 0 Å². The average molecular weight is 166 g/mol. The topological polar surface area (TPSA) is 12.5 Å². The number of rotatable bonds is 1. The van der Waals surface area contributed by atoms with Gasteiger partial charge in [0.1, 0.15) is 0 Å². The lowest BCUT2D eigenvalue weighted by atomic mass is 9.99. The Balaban J connectivity index is 1.75. The van der Waals surface area contributed by atoms with Crippen molar-refractivity contribution in [2.75, 3.05) is 13.2 Å². The zero-order chi connectivity index (χ0) is 7.97. The van der Waals surface area contributed by atoms with Gasteiger partial charge in [-0.15, -0.1) is 0 Å². The number of ether oxygens (including phenoxy) is 1. The fourth-order valence-electron chi connectivity index (χ4n) is 2.93. The van der Waals surface area contributed by atoms with Crippen LogP contribution in [-0.2, 0) is 4.74 Å². The van der Waals surface area contributed by atoms with E-state index in [0.717, 1.165) is 31.3 Å². The van der Waals surface area contributed by atoms with E-state index in [0.29, 0.717) is 0 Å². The van der Waals surface area contributed by atoms with Crippen molar-refractivity contribution in [3.63, 3.8) is 0 Å². The van der Waals surface area contributed by atoms with Gasteiger partial charge in [-0.25, -0.2) is 0 Å². The highest BCUT2D eigenvalue weighted by molar-refractivity contribution is 5.01. The largest absolute Gasteiger partial charge is 0.378 e. The van der Waals surface area contributed by atoms with Gasteiger partial charge in [0.25, 0.3) is 0 Å². The monoisotopic (exact) mass is 166 g/mol. The first-order valence-corrected chi connectivity index (χ1v) is 5.12. The lowest BCUT2D eigenvalue weighted by Crippen LogP contribution is -2.55. The minimum atomic E-state index is 0.774. The third-order valence-electron chi connectivity index (χ3n) is 3.60. The van der Waals surface area contributed by atoms with Crippen LogP contribution in [0.2, 0.25) is 0 Å². The Morgan fingerprint density at radius 3 is 2.17 bits per heavy atom. The Morgan fingerprint density at radius 1 is 1.00 bits per heavy atom. The van der Waals surface area contributed by atoms with Crippen molar-refractivity contribution in [2.24, 2.45) is 0 Å². The van der Waals surface area contributed by atoms with Gasteiger partial charge < -0.3 is 4.74 Å². The summed E-state index contributed by atoms with van der Waals surface area (Å²) >= 11 is 0. The standard InChI is InChI=1S/C10H16NO/c1-2-8-4-5-9(3-1)11(8)10-6-12-7-10/h1,8-10H,2-7H2. The van der Waals surface area contributed by atoms with Crippen LogP contribution in [0.4, 0.5) is 0 Å². The Hall–Kier alpha value is -0.0800. The smallest absolute Gasteiger partial charge is 0.0645 e. The molecule has 2 bridgehead atoms. The molecule has 3 aliphatic heterocycles. The van der Waals surface area contributed by atoms with E-state index in [1.807, 2.05) is 0 Å². The average Bonchev–Trinajstić information content (AvgIpc) is 2.28. The molecule has 1 radical (unpaired) electrons. The lowest BCUT2D eigenvalue weighted by molar-refractivity contribution is -0.0867. The highest BCUT2D eigenvalue weighted by atomic mass is 16.5. The summed E-state index contributed by atoms with van der Waals surface area (Å²) in [6, 6.07) is 2.52. The Bertz CT molecular complexity index is 163. The maximum Gasteiger partial charge on any atom is 0.0645 e. The van der Waals surface area contributed by atoms with Crippen LogP contribution < -0.4 is 0 Å². The van der Waals surface area contributed by atoms with Crippen molar-refractivity contribution in [3.8, 4) is 0 Å². The van der Waals surface area contributed by atoms with E-state index < -0.39 is 0 Å². The van der Waals surface area contributed by atoms with Crippen molar-refractivity contribution < 1.29 is 4.74 Å². The van der Waals surface area contributed by atoms with Crippen LogP contribution in [0.15, 0.2) is 0 Å². The van der Waals surface area contributed by atoms with Gasteiger partial charge in [-0.2, -0.15) is 0 Å². The number of piperidine rings is 1. The Morgan fingerprint density at radius 2 is 1.67 bits per heavy atom. The molecule has 0 saturated carbocycles. The summed E-state index contributed by atoms with van der Waals surface area (Å²) in [5.74, 6) is 0. The molecule has 3 heterocycles. The molecule has 2 unspecified atom stereocenters. The van der Waals surface area contributed by atoms with Crippen LogP contribution >= 0.6 is 0 Å². The molecular weight excluding hydrogens is 150 g/mol. The summed E-state index contributed by atoms with van der Waals surface area (Å²) < 4.78 is 5.26. The zero-order valence-corrected chi connectivity index (χ0v) is 7.41. The predicted molar refractivity (Wildman–Crippen MR) is 46.8 cm³/mol. The van der Waals surface area contributed by atoms with Crippen molar-refractivity contribution in [1.82, 2.24) is 4.90 Å². The second-order valence-electron chi connectivity index (χ2n) is 4.28. The molecule has 2 heteroatoms. The lowest BCUT2D eigenvalue weighted by Gasteiger charge is -2.44. The molecular formula is C10H16NO. The minimum absolute atomic E-state index is 0.774. The predicted octanol–water partition coefficient (Wildman–Crippen LogP) is 1.22. The van der Waals surface area contributed by atoms with Gasteiger partial charge in [-0.05, 0) is 32.1 Å². The molecule has 0 aromatic heterocycles. The number of fused-ring (bicyclic) bond motifs is 2. The molecule has 0 spiro atoms. The summed E-state index contributed by atoms with van der Waals surface area (Å²) in [5, 5.41) is 0. The van der Waals surface area contributed by atoms with E-state index in [-0.39, 0.29) is 0 Å². The van der Waals surface area contributed by atoms with Gasteiger partial charge in [0.15, 0.2) is 0 Å². The van der Waals surface area contributed by atoms with Crippen molar-refractivity contribution in [1.29, 1.82) is 0 Å². The molecule has 0 aromatic carbocycles. The fourth-order valence-corrected chi connectivity index (χ4v) is 2.93. The molecule has 0 amide bonds. The number of nitrogens with zero attached hydrogens (tertiary/aromatic N) is 1. The maximum absolute atomic E-state index is 5.26. The quantitative estimate of drug-likeness (QED) is 0.580. The Kier molecular flexibility index (Phi) is 1.66. The van der Waals surface area contributed by atoms with Crippen LogP contribution in [0.3, 0.4) is 0 Å². The van der Waals surface area contributed by atoms with Crippen molar-refractivity contribution in [3.05, 3.63) is 6.42 Å². The molecule has 3 saturated heterocycles. The van der Waals surface area contributed by atoms with Gasteiger partial charge in [0.05, 0.1) is 19.3 Å². The summed E-state index contributed by atoms with van der Waals surface area (Å²) in [6.45, 7) is 1.99. The maximum atomic E-state index is 5.26. The molecule has 3 aliphatic rings. The zero-order valence-electron chi connectivity index (χ0n) is 7.41. The molecule has 0 N–H and O–H groups in total. The van der Waals surface area contributed by atoms with E-state index in [1.54, 1.807) is 0 Å². The van der Waals surface area contributed by atoms with Crippen LogP contribution in [0.5, 0.6) is 0 Å². The molecule has 12 heavy (non-hydrogen) atoms. The molecule has 2 nitrogen and oxygen atoms in total. The summed E-state index contributed by atoms with van der Waals surface area (Å²) in [5.41, 5.74) is 0. The van der Waals surface area contributed by atoms with Crippen LogP contribution in [0, 0.1) is 6.42 Å². The number of hydrogen-bond acceptors (Lipinski definition) is 2.